The van der Waals surface area contributed by atoms with Crippen molar-refractivity contribution in [3.8, 4) is 0 Å². The Hall–Kier alpha value is -0.610. The minimum Gasteiger partial charge on any atom is -0.480 e. The summed E-state index contributed by atoms with van der Waals surface area (Å²) in [6, 6.07) is -0.482. The fourth-order valence-electron chi connectivity index (χ4n) is 2.55. The first-order chi connectivity index (χ1) is 7.58. The molecule has 1 heterocycles. The highest BCUT2D eigenvalue weighted by Crippen LogP contribution is 2.37. The number of hydrogen-bond donors (Lipinski definition) is 1. The van der Waals surface area contributed by atoms with E-state index in [0.29, 0.717) is 5.41 Å². The number of carboxylic acids is 1. The van der Waals surface area contributed by atoms with Gasteiger partial charge in [-0.1, -0.05) is 13.8 Å². The molecule has 1 aliphatic heterocycles. The van der Waals surface area contributed by atoms with Crippen LogP contribution in [0.25, 0.3) is 0 Å². The van der Waals surface area contributed by atoms with Crippen molar-refractivity contribution in [3.63, 3.8) is 0 Å². The lowest BCUT2D eigenvalue weighted by Gasteiger charge is -2.29. The minimum absolute atomic E-state index is 0.277. The summed E-state index contributed by atoms with van der Waals surface area (Å²) in [6.07, 6.45) is 3.35. The van der Waals surface area contributed by atoms with Gasteiger partial charge in [-0.25, -0.2) is 0 Å². The van der Waals surface area contributed by atoms with E-state index in [2.05, 4.69) is 18.7 Å². The van der Waals surface area contributed by atoms with Crippen LogP contribution in [0.5, 0.6) is 0 Å². The summed E-state index contributed by atoms with van der Waals surface area (Å²) in [4.78, 5) is 13.2. The Morgan fingerprint density at radius 3 is 2.50 bits per heavy atom. The summed E-state index contributed by atoms with van der Waals surface area (Å²) in [7, 11) is 1.55. The SMILES string of the molecule is CCC1(CC)CCN(C(COC)C(=O)O)C1. The Morgan fingerprint density at radius 2 is 2.12 bits per heavy atom. The van der Waals surface area contributed by atoms with Gasteiger partial charge in [-0.2, -0.15) is 0 Å². The van der Waals surface area contributed by atoms with Crippen LogP contribution in [0.1, 0.15) is 33.1 Å². The Morgan fingerprint density at radius 1 is 1.50 bits per heavy atom. The van der Waals surface area contributed by atoms with Gasteiger partial charge < -0.3 is 9.84 Å². The Labute approximate surface area is 97.6 Å². The highest BCUT2D eigenvalue weighted by molar-refractivity contribution is 5.73. The monoisotopic (exact) mass is 229 g/mol. The van der Waals surface area contributed by atoms with E-state index in [9.17, 15) is 4.79 Å². The third-order valence-corrected chi connectivity index (χ3v) is 4.02. The summed E-state index contributed by atoms with van der Waals surface area (Å²) in [5, 5.41) is 9.16. The zero-order valence-corrected chi connectivity index (χ0v) is 10.5. The van der Waals surface area contributed by atoms with Gasteiger partial charge in [0.2, 0.25) is 0 Å². The summed E-state index contributed by atoms with van der Waals surface area (Å²) in [5.74, 6) is -0.773. The zero-order chi connectivity index (χ0) is 12.2. The molecule has 0 saturated carbocycles. The summed E-state index contributed by atoms with van der Waals surface area (Å²) >= 11 is 0. The van der Waals surface area contributed by atoms with Gasteiger partial charge in [0.05, 0.1) is 6.61 Å². The molecule has 1 saturated heterocycles. The molecule has 4 nitrogen and oxygen atoms in total. The van der Waals surface area contributed by atoms with Gasteiger partial charge >= 0.3 is 5.97 Å². The van der Waals surface area contributed by atoms with Crippen LogP contribution in [-0.2, 0) is 9.53 Å². The fourth-order valence-corrected chi connectivity index (χ4v) is 2.55. The summed E-state index contributed by atoms with van der Waals surface area (Å²) < 4.78 is 4.99. The topological polar surface area (TPSA) is 49.8 Å². The van der Waals surface area contributed by atoms with Gasteiger partial charge in [-0.15, -0.1) is 0 Å². The first-order valence-corrected chi connectivity index (χ1v) is 6.04. The van der Waals surface area contributed by atoms with Gasteiger partial charge in [0.15, 0.2) is 0 Å². The lowest BCUT2D eigenvalue weighted by atomic mass is 9.82. The lowest BCUT2D eigenvalue weighted by Crippen LogP contribution is -2.43. The molecular weight excluding hydrogens is 206 g/mol. The Kier molecular flexibility index (Phi) is 4.74. The van der Waals surface area contributed by atoms with Crippen molar-refractivity contribution in [1.82, 2.24) is 4.90 Å². The first kappa shape index (κ1) is 13.5. The molecule has 0 aliphatic carbocycles. The average Bonchev–Trinajstić information content (AvgIpc) is 2.70. The predicted octanol–water partition coefficient (Wildman–Crippen LogP) is 1.60. The number of ether oxygens (including phenoxy) is 1. The summed E-state index contributed by atoms with van der Waals surface area (Å²) in [5.41, 5.74) is 0.321. The molecule has 1 N–H and O–H groups in total. The second kappa shape index (κ2) is 5.64. The van der Waals surface area contributed by atoms with Crippen molar-refractivity contribution in [1.29, 1.82) is 0 Å². The molecule has 1 fully saturated rings. The van der Waals surface area contributed by atoms with Crippen molar-refractivity contribution in [2.45, 2.75) is 39.2 Å². The van der Waals surface area contributed by atoms with Crippen LogP contribution >= 0.6 is 0 Å². The van der Waals surface area contributed by atoms with Crippen LogP contribution in [0.4, 0.5) is 0 Å². The first-order valence-electron chi connectivity index (χ1n) is 6.04. The van der Waals surface area contributed by atoms with E-state index < -0.39 is 12.0 Å². The molecule has 4 heteroatoms. The van der Waals surface area contributed by atoms with E-state index in [4.69, 9.17) is 9.84 Å². The number of methoxy groups -OCH3 is 1. The number of aliphatic carboxylic acids is 1. The van der Waals surface area contributed by atoms with Gasteiger partial charge in [-0.3, -0.25) is 9.69 Å². The fraction of sp³-hybridized carbons (Fsp3) is 0.917. The molecule has 1 aliphatic rings. The van der Waals surface area contributed by atoms with E-state index in [0.717, 1.165) is 32.4 Å². The van der Waals surface area contributed by atoms with E-state index >= 15 is 0 Å². The Bertz CT molecular complexity index is 238. The van der Waals surface area contributed by atoms with E-state index in [1.54, 1.807) is 7.11 Å². The van der Waals surface area contributed by atoms with E-state index in [1.165, 1.54) is 0 Å². The highest BCUT2D eigenvalue weighted by Gasteiger charge is 2.39. The maximum Gasteiger partial charge on any atom is 0.323 e. The molecule has 1 rings (SSSR count). The normalized spacial score (nSPS) is 22.2. The van der Waals surface area contributed by atoms with Crippen molar-refractivity contribution in [3.05, 3.63) is 0 Å². The van der Waals surface area contributed by atoms with Crippen molar-refractivity contribution < 1.29 is 14.6 Å². The zero-order valence-electron chi connectivity index (χ0n) is 10.5. The molecule has 0 radical (unpaired) electrons. The second-order valence-corrected chi connectivity index (χ2v) is 4.74. The standard InChI is InChI=1S/C12H23NO3/c1-4-12(5-2)6-7-13(9-12)10(8-16-3)11(14)15/h10H,4-9H2,1-3H3,(H,14,15). The van der Waals surface area contributed by atoms with Crippen LogP contribution in [0.15, 0.2) is 0 Å². The van der Waals surface area contributed by atoms with E-state index in [-0.39, 0.29) is 6.61 Å². The molecule has 16 heavy (non-hydrogen) atoms. The third-order valence-electron chi connectivity index (χ3n) is 4.02. The maximum atomic E-state index is 11.1. The molecule has 0 bridgehead atoms. The molecule has 0 aromatic heterocycles. The highest BCUT2D eigenvalue weighted by atomic mass is 16.5. The number of rotatable bonds is 6. The molecule has 0 aromatic rings. The lowest BCUT2D eigenvalue weighted by molar-refractivity contribution is -0.145. The Balaban J connectivity index is 2.65. The largest absolute Gasteiger partial charge is 0.480 e. The van der Waals surface area contributed by atoms with Gasteiger partial charge in [-0.05, 0) is 31.2 Å². The van der Waals surface area contributed by atoms with Gasteiger partial charge in [0.1, 0.15) is 6.04 Å². The average molecular weight is 229 g/mol. The van der Waals surface area contributed by atoms with Crippen molar-refractivity contribution >= 4 is 5.97 Å². The molecular formula is C12H23NO3. The number of carbonyl (C=O) groups is 1. The number of hydrogen-bond acceptors (Lipinski definition) is 3. The van der Waals surface area contributed by atoms with Gasteiger partial charge in [0, 0.05) is 13.7 Å². The molecule has 94 valence electrons. The number of nitrogens with zero attached hydrogens (tertiary/aromatic N) is 1. The molecule has 1 atom stereocenters. The quantitative estimate of drug-likeness (QED) is 0.751. The predicted molar refractivity (Wildman–Crippen MR) is 62.5 cm³/mol. The smallest absolute Gasteiger partial charge is 0.323 e. The van der Waals surface area contributed by atoms with Gasteiger partial charge in [0.25, 0.3) is 0 Å². The summed E-state index contributed by atoms with van der Waals surface area (Å²) in [6.45, 7) is 6.43. The minimum atomic E-state index is -0.773. The molecule has 0 amide bonds. The second-order valence-electron chi connectivity index (χ2n) is 4.74. The molecule has 0 spiro atoms. The van der Waals surface area contributed by atoms with Crippen LogP contribution in [-0.4, -0.2) is 48.8 Å². The van der Waals surface area contributed by atoms with Crippen molar-refractivity contribution in [2.24, 2.45) is 5.41 Å². The van der Waals surface area contributed by atoms with Crippen molar-refractivity contribution in [2.75, 3.05) is 26.8 Å². The van der Waals surface area contributed by atoms with Crippen LogP contribution in [0.3, 0.4) is 0 Å². The number of carboxylic acid groups (broad SMARTS) is 1. The van der Waals surface area contributed by atoms with Crippen LogP contribution in [0.2, 0.25) is 0 Å². The molecule has 0 aromatic carbocycles. The number of likely N-dealkylation sites (tertiary alicyclic amines) is 1. The van der Waals surface area contributed by atoms with Crippen LogP contribution in [0, 0.1) is 5.41 Å². The van der Waals surface area contributed by atoms with Crippen LogP contribution < -0.4 is 0 Å². The van der Waals surface area contributed by atoms with E-state index in [1.807, 2.05) is 0 Å². The molecule has 1 unspecified atom stereocenters. The third kappa shape index (κ3) is 2.74. The maximum absolute atomic E-state index is 11.1.